The van der Waals surface area contributed by atoms with Gasteiger partial charge in [0.1, 0.15) is 0 Å². The maximum absolute atomic E-state index is 11.7. The number of likely N-dealkylation sites (tertiary alicyclic amines) is 1. The number of hydrogen-bond donors (Lipinski definition) is 2. The van der Waals surface area contributed by atoms with E-state index in [4.69, 9.17) is 0 Å². The van der Waals surface area contributed by atoms with Crippen LogP contribution in [0.3, 0.4) is 0 Å². The van der Waals surface area contributed by atoms with E-state index < -0.39 is 17.5 Å². The van der Waals surface area contributed by atoms with Gasteiger partial charge in [0.05, 0.1) is 11.5 Å². The number of piperidine rings is 1. The van der Waals surface area contributed by atoms with Gasteiger partial charge in [0.2, 0.25) is 0 Å². The minimum absolute atomic E-state index is 0.503. The average Bonchev–Trinajstić information content (AvgIpc) is 2.48. The van der Waals surface area contributed by atoms with E-state index >= 15 is 0 Å². The molecule has 2 atom stereocenters. The molecule has 0 spiro atoms. The predicted molar refractivity (Wildman–Crippen MR) is 82.1 cm³/mol. The lowest BCUT2D eigenvalue weighted by Gasteiger charge is -2.40. The fourth-order valence-corrected chi connectivity index (χ4v) is 3.37. The van der Waals surface area contributed by atoms with E-state index in [1.54, 1.807) is 0 Å². The number of carboxylic acids is 1. The number of aliphatic hydroxyl groups excluding tert-OH is 1. The quantitative estimate of drug-likeness (QED) is 0.846. The number of hydrogen-bond acceptors (Lipinski definition) is 3. The third-order valence-corrected chi connectivity index (χ3v) is 4.45. The molecule has 116 valence electrons. The van der Waals surface area contributed by atoms with Crippen LogP contribution in [0.2, 0.25) is 0 Å². The van der Waals surface area contributed by atoms with Gasteiger partial charge in [0.15, 0.2) is 0 Å². The molecule has 0 bridgehead atoms. The van der Waals surface area contributed by atoms with Crippen LogP contribution in [-0.4, -0.2) is 40.7 Å². The number of β-amino-alcohol motifs (C(OH)–C–C–N with tert-alkyl or cyclic N) is 1. The maximum atomic E-state index is 11.7. The highest BCUT2D eigenvalue weighted by Gasteiger charge is 2.41. The molecule has 1 aromatic carbocycles. The second-order valence-corrected chi connectivity index (χ2v) is 6.10. The van der Waals surface area contributed by atoms with Crippen molar-refractivity contribution in [3.63, 3.8) is 0 Å². The summed E-state index contributed by atoms with van der Waals surface area (Å²) in [5, 5.41) is 19.9. The first-order valence-corrected chi connectivity index (χ1v) is 7.76. The molecule has 4 heteroatoms. The Morgan fingerprint density at radius 1 is 1.38 bits per heavy atom. The molecule has 1 fully saturated rings. The maximum Gasteiger partial charge on any atom is 0.310 e. The summed E-state index contributed by atoms with van der Waals surface area (Å²) in [7, 11) is 0. The van der Waals surface area contributed by atoms with Gasteiger partial charge in [-0.3, -0.25) is 9.69 Å². The molecule has 0 aliphatic carbocycles. The monoisotopic (exact) mass is 291 g/mol. The van der Waals surface area contributed by atoms with Crippen molar-refractivity contribution in [2.45, 2.75) is 38.7 Å². The SMILES string of the molecule is CCCC1(C(=O)O)CCCN(CC(O)c2ccccc2)C1. The number of carbonyl (C=O) groups is 1. The zero-order valence-corrected chi connectivity index (χ0v) is 12.7. The number of benzene rings is 1. The predicted octanol–water partition coefficient (Wildman–Crippen LogP) is 2.69. The molecule has 2 N–H and O–H groups in total. The van der Waals surface area contributed by atoms with E-state index in [1.807, 2.05) is 37.3 Å². The highest BCUT2D eigenvalue weighted by Crippen LogP contribution is 2.35. The molecule has 0 aromatic heterocycles. The number of aliphatic hydroxyl groups is 1. The molecule has 1 aromatic rings. The smallest absolute Gasteiger partial charge is 0.310 e. The molecule has 2 rings (SSSR count). The summed E-state index contributed by atoms with van der Waals surface area (Å²) in [6.07, 6.45) is 2.65. The molecule has 1 aliphatic heterocycles. The lowest BCUT2D eigenvalue weighted by atomic mass is 9.76. The Kier molecular flexibility index (Phi) is 5.37. The number of aliphatic carboxylic acids is 1. The summed E-state index contributed by atoms with van der Waals surface area (Å²) in [5.74, 6) is -0.691. The van der Waals surface area contributed by atoms with Gasteiger partial charge in [-0.1, -0.05) is 43.7 Å². The summed E-state index contributed by atoms with van der Waals surface area (Å²) < 4.78 is 0. The minimum Gasteiger partial charge on any atom is -0.481 e. The summed E-state index contributed by atoms with van der Waals surface area (Å²) in [5.41, 5.74) is 0.253. The summed E-state index contributed by atoms with van der Waals surface area (Å²) >= 11 is 0. The van der Waals surface area contributed by atoms with E-state index in [2.05, 4.69) is 4.90 Å². The Bertz CT molecular complexity index is 458. The summed E-state index contributed by atoms with van der Waals surface area (Å²) in [4.78, 5) is 13.8. The summed E-state index contributed by atoms with van der Waals surface area (Å²) in [6.45, 7) is 3.94. The van der Waals surface area contributed by atoms with Gasteiger partial charge in [-0.05, 0) is 31.4 Å². The topological polar surface area (TPSA) is 60.8 Å². The van der Waals surface area contributed by atoms with Crippen molar-refractivity contribution in [1.29, 1.82) is 0 Å². The first-order valence-electron chi connectivity index (χ1n) is 7.76. The van der Waals surface area contributed by atoms with Crippen molar-refractivity contribution in [2.24, 2.45) is 5.41 Å². The van der Waals surface area contributed by atoms with Gasteiger partial charge >= 0.3 is 5.97 Å². The lowest BCUT2D eigenvalue weighted by molar-refractivity contribution is -0.153. The van der Waals surface area contributed by atoms with Gasteiger partial charge in [0.25, 0.3) is 0 Å². The first-order chi connectivity index (χ1) is 10.1. The minimum atomic E-state index is -0.691. The number of nitrogens with zero attached hydrogens (tertiary/aromatic N) is 1. The van der Waals surface area contributed by atoms with Crippen LogP contribution in [-0.2, 0) is 4.79 Å². The van der Waals surface area contributed by atoms with Crippen LogP contribution in [0.1, 0.15) is 44.3 Å². The fraction of sp³-hybridized carbons (Fsp3) is 0.588. The fourth-order valence-electron chi connectivity index (χ4n) is 3.37. The van der Waals surface area contributed by atoms with E-state index in [1.165, 1.54) is 0 Å². The van der Waals surface area contributed by atoms with Gasteiger partial charge in [0, 0.05) is 13.1 Å². The molecule has 21 heavy (non-hydrogen) atoms. The molecule has 0 radical (unpaired) electrons. The van der Waals surface area contributed by atoms with Crippen molar-refractivity contribution in [3.8, 4) is 0 Å². The zero-order chi connectivity index (χ0) is 15.3. The zero-order valence-electron chi connectivity index (χ0n) is 12.7. The van der Waals surface area contributed by atoms with Crippen LogP contribution in [0, 0.1) is 5.41 Å². The van der Waals surface area contributed by atoms with Gasteiger partial charge in [-0.15, -0.1) is 0 Å². The van der Waals surface area contributed by atoms with E-state index in [0.29, 0.717) is 19.5 Å². The van der Waals surface area contributed by atoms with Crippen LogP contribution in [0.15, 0.2) is 30.3 Å². The Labute approximate surface area is 126 Å². The molecular weight excluding hydrogens is 266 g/mol. The molecule has 0 amide bonds. The molecule has 2 unspecified atom stereocenters. The Morgan fingerprint density at radius 2 is 2.10 bits per heavy atom. The van der Waals surface area contributed by atoms with Crippen LogP contribution >= 0.6 is 0 Å². The van der Waals surface area contributed by atoms with Gasteiger partial charge in [-0.2, -0.15) is 0 Å². The van der Waals surface area contributed by atoms with E-state index in [0.717, 1.165) is 31.4 Å². The lowest BCUT2D eigenvalue weighted by Crippen LogP contribution is -2.48. The molecule has 0 saturated carbocycles. The number of carboxylic acid groups (broad SMARTS) is 1. The van der Waals surface area contributed by atoms with Crippen molar-refractivity contribution in [1.82, 2.24) is 4.90 Å². The second kappa shape index (κ2) is 7.05. The van der Waals surface area contributed by atoms with E-state index in [-0.39, 0.29) is 0 Å². The van der Waals surface area contributed by atoms with E-state index in [9.17, 15) is 15.0 Å². The first kappa shape index (κ1) is 16.0. The molecule has 1 heterocycles. The second-order valence-electron chi connectivity index (χ2n) is 6.10. The van der Waals surface area contributed by atoms with Crippen molar-refractivity contribution >= 4 is 5.97 Å². The highest BCUT2D eigenvalue weighted by molar-refractivity contribution is 5.75. The Balaban J connectivity index is 2.02. The average molecular weight is 291 g/mol. The van der Waals surface area contributed by atoms with Crippen molar-refractivity contribution in [3.05, 3.63) is 35.9 Å². The van der Waals surface area contributed by atoms with Crippen LogP contribution in [0.25, 0.3) is 0 Å². The molecule has 4 nitrogen and oxygen atoms in total. The molecule has 1 aliphatic rings. The van der Waals surface area contributed by atoms with Gasteiger partial charge in [-0.25, -0.2) is 0 Å². The Hall–Kier alpha value is -1.39. The standard InChI is InChI=1S/C17H25NO3/c1-2-9-17(16(20)21)10-6-11-18(13-17)12-15(19)14-7-4-3-5-8-14/h3-5,7-8,15,19H,2,6,9-13H2,1H3,(H,20,21). The Morgan fingerprint density at radius 3 is 2.71 bits per heavy atom. The van der Waals surface area contributed by atoms with Crippen LogP contribution in [0.4, 0.5) is 0 Å². The van der Waals surface area contributed by atoms with Crippen LogP contribution < -0.4 is 0 Å². The third-order valence-electron chi connectivity index (χ3n) is 4.45. The molecule has 1 saturated heterocycles. The molecular formula is C17H25NO3. The summed E-state index contributed by atoms with van der Waals surface area (Å²) in [6, 6.07) is 9.56. The van der Waals surface area contributed by atoms with Gasteiger partial charge < -0.3 is 10.2 Å². The van der Waals surface area contributed by atoms with Crippen LogP contribution in [0.5, 0.6) is 0 Å². The highest BCUT2D eigenvalue weighted by atomic mass is 16.4. The normalized spacial score (nSPS) is 24.7. The van der Waals surface area contributed by atoms with Crippen molar-refractivity contribution < 1.29 is 15.0 Å². The largest absolute Gasteiger partial charge is 0.481 e. The van der Waals surface area contributed by atoms with Crippen molar-refractivity contribution in [2.75, 3.05) is 19.6 Å². The number of rotatable bonds is 6. The third kappa shape index (κ3) is 3.83.